The average Bonchev–Trinajstić information content (AvgIpc) is 2.64. The van der Waals surface area contributed by atoms with Crippen molar-refractivity contribution < 1.29 is 14.6 Å². The number of para-hydroxylation sites is 1. The lowest BCUT2D eigenvalue weighted by molar-refractivity contribution is -0.156. The maximum Gasteiger partial charge on any atom is 0.350 e. The molecule has 0 radical (unpaired) electrons. The Bertz CT molecular complexity index is 446. The summed E-state index contributed by atoms with van der Waals surface area (Å²) in [5.74, 6) is -0.179. The second-order valence-electron chi connectivity index (χ2n) is 4.35. The van der Waals surface area contributed by atoms with E-state index < -0.39 is 11.6 Å². The lowest BCUT2D eigenvalue weighted by Gasteiger charge is -2.34. The molecule has 84 valence electrons. The van der Waals surface area contributed by atoms with Crippen LogP contribution in [0.5, 0.6) is 5.75 Å². The van der Waals surface area contributed by atoms with Gasteiger partial charge in [0.05, 0.1) is 0 Å². The van der Waals surface area contributed by atoms with Crippen molar-refractivity contribution in [2.24, 2.45) is 0 Å². The van der Waals surface area contributed by atoms with Gasteiger partial charge in [-0.3, -0.25) is 0 Å². The second-order valence-corrected chi connectivity index (χ2v) is 4.35. The zero-order valence-electron chi connectivity index (χ0n) is 8.77. The second kappa shape index (κ2) is 3.22. The molecule has 0 spiro atoms. The number of carboxylic acids is 1. The van der Waals surface area contributed by atoms with Gasteiger partial charge < -0.3 is 15.2 Å². The molecule has 0 saturated carbocycles. The number of rotatable bonds is 1. The minimum atomic E-state index is -1.10. The molecule has 1 fully saturated rings. The summed E-state index contributed by atoms with van der Waals surface area (Å²) in [5, 5.41) is 12.5. The van der Waals surface area contributed by atoms with Crippen molar-refractivity contribution in [1.29, 1.82) is 0 Å². The zero-order chi connectivity index (χ0) is 11.2. The van der Waals surface area contributed by atoms with E-state index in [9.17, 15) is 9.90 Å². The molecule has 2 unspecified atom stereocenters. The van der Waals surface area contributed by atoms with Crippen molar-refractivity contribution in [3.63, 3.8) is 0 Å². The van der Waals surface area contributed by atoms with E-state index in [2.05, 4.69) is 5.32 Å². The van der Waals surface area contributed by atoms with Gasteiger partial charge in [-0.2, -0.15) is 0 Å². The van der Waals surface area contributed by atoms with Crippen LogP contribution in [0.1, 0.15) is 17.9 Å². The normalized spacial score (nSPS) is 31.4. The molecule has 1 saturated heterocycles. The Kier molecular flexibility index (Phi) is 1.94. The number of aliphatic carboxylic acids is 1. The highest BCUT2D eigenvalue weighted by Crippen LogP contribution is 2.47. The summed E-state index contributed by atoms with van der Waals surface area (Å²) in [6.07, 6.45) is 0.809. The maximum absolute atomic E-state index is 11.5. The van der Waals surface area contributed by atoms with Crippen molar-refractivity contribution in [3.8, 4) is 5.75 Å². The van der Waals surface area contributed by atoms with Crippen LogP contribution in [0.2, 0.25) is 0 Å². The summed E-state index contributed by atoms with van der Waals surface area (Å²) < 4.78 is 5.70. The Morgan fingerprint density at radius 1 is 1.50 bits per heavy atom. The Morgan fingerprint density at radius 3 is 3.12 bits per heavy atom. The zero-order valence-corrected chi connectivity index (χ0v) is 8.77. The van der Waals surface area contributed by atoms with Crippen LogP contribution in [0.3, 0.4) is 0 Å². The molecule has 16 heavy (non-hydrogen) atoms. The van der Waals surface area contributed by atoms with Crippen LogP contribution in [-0.4, -0.2) is 29.8 Å². The Hall–Kier alpha value is -1.55. The summed E-state index contributed by atoms with van der Waals surface area (Å²) in [7, 11) is 0. The summed E-state index contributed by atoms with van der Waals surface area (Å²) in [5.41, 5.74) is -0.0616. The van der Waals surface area contributed by atoms with E-state index >= 15 is 0 Å². The lowest BCUT2D eigenvalue weighted by Crippen LogP contribution is -2.57. The van der Waals surface area contributed by atoms with E-state index in [1.165, 1.54) is 0 Å². The van der Waals surface area contributed by atoms with Crippen molar-refractivity contribution in [3.05, 3.63) is 29.8 Å². The van der Waals surface area contributed by atoms with Gasteiger partial charge in [-0.25, -0.2) is 4.79 Å². The summed E-state index contributed by atoms with van der Waals surface area (Å²) >= 11 is 0. The molecule has 0 aromatic heterocycles. The third kappa shape index (κ3) is 1.10. The molecule has 0 aliphatic carbocycles. The molecule has 2 N–H and O–H groups in total. The van der Waals surface area contributed by atoms with E-state index in [0.29, 0.717) is 6.54 Å². The van der Waals surface area contributed by atoms with Crippen LogP contribution in [-0.2, 0) is 4.79 Å². The van der Waals surface area contributed by atoms with E-state index in [1.54, 1.807) is 0 Å². The monoisotopic (exact) mass is 219 g/mol. The van der Waals surface area contributed by atoms with Gasteiger partial charge in [0.15, 0.2) is 0 Å². The van der Waals surface area contributed by atoms with E-state index in [-0.39, 0.29) is 5.92 Å². The fourth-order valence-corrected chi connectivity index (χ4v) is 2.72. The summed E-state index contributed by atoms with van der Waals surface area (Å²) in [6.45, 7) is 1.22. The molecule has 3 rings (SSSR count). The minimum Gasteiger partial charge on any atom is -0.478 e. The molecule has 0 bridgehead atoms. The molecule has 4 heteroatoms. The predicted molar refractivity (Wildman–Crippen MR) is 57.7 cm³/mol. The minimum absolute atomic E-state index is 0.0255. The van der Waals surface area contributed by atoms with Crippen molar-refractivity contribution in [1.82, 2.24) is 5.32 Å². The molecule has 1 aromatic carbocycles. The number of hydrogen-bond acceptors (Lipinski definition) is 3. The molecule has 0 amide bonds. The first-order valence-electron chi connectivity index (χ1n) is 5.46. The standard InChI is InChI=1S/C12H13NO3/c14-11(15)12-7-13-6-5-9(12)8-3-1-2-4-10(8)16-12/h1-4,9,13H,5-7H2,(H,14,15). The van der Waals surface area contributed by atoms with E-state index in [1.807, 2.05) is 24.3 Å². The number of benzene rings is 1. The number of hydrogen-bond donors (Lipinski definition) is 2. The van der Waals surface area contributed by atoms with Gasteiger partial charge in [0.25, 0.3) is 0 Å². The number of piperidine rings is 1. The summed E-state index contributed by atoms with van der Waals surface area (Å²) in [6, 6.07) is 7.62. The SMILES string of the molecule is O=C(O)C12CNCCC1c1ccccc1O2. The third-order valence-electron chi connectivity index (χ3n) is 3.51. The van der Waals surface area contributed by atoms with Gasteiger partial charge in [0, 0.05) is 18.0 Å². The van der Waals surface area contributed by atoms with E-state index in [0.717, 1.165) is 24.3 Å². The highest BCUT2D eigenvalue weighted by molar-refractivity contribution is 5.82. The molecule has 1 aromatic rings. The molecule has 2 heterocycles. The largest absolute Gasteiger partial charge is 0.478 e. The van der Waals surface area contributed by atoms with Gasteiger partial charge >= 0.3 is 5.97 Å². The van der Waals surface area contributed by atoms with E-state index in [4.69, 9.17) is 4.74 Å². The fourth-order valence-electron chi connectivity index (χ4n) is 2.72. The Labute approximate surface area is 93.2 Å². The van der Waals surface area contributed by atoms with Crippen molar-refractivity contribution in [2.45, 2.75) is 17.9 Å². The van der Waals surface area contributed by atoms with Gasteiger partial charge in [0.1, 0.15) is 5.75 Å². The first kappa shape index (κ1) is 9.66. The number of fused-ring (bicyclic) bond motifs is 3. The third-order valence-corrected chi connectivity index (χ3v) is 3.51. The molecule has 2 atom stereocenters. The fraction of sp³-hybridized carbons (Fsp3) is 0.417. The highest BCUT2D eigenvalue weighted by Gasteiger charge is 2.55. The number of ether oxygens (including phenoxy) is 1. The van der Waals surface area contributed by atoms with Crippen LogP contribution in [0.15, 0.2) is 24.3 Å². The molecular formula is C12H13NO3. The van der Waals surface area contributed by atoms with Gasteiger partial charge in [-0.05, 0) is 19.0 Å². The van der Waals surface area contributed by atoms with Crippen LogP contribution in [0.4, 0.5) is 0 Å². The molecule has 2 aliphatic heterocycles. The summed E-state index contributed by atoms with van der Waals surface area (Å²) in [4.78, 5) is 11.5. The molecular weight excluding hydrogens is 206 g/mol. The van der Waals surface area contributed by atoms with Gasteiger partial charge in [-0.15, -0.1) is 0 Å². The predicted octanol–water partition coefficient (Wildman–Crippen LogP) is 0.979. The van der Waals surface area contributed by atoms with Crippen molar-refractivity contribution >= 4 is 5.97 Å². The van der Waals surface area contributed by atoms with Crippen LogP contribution in [0.25, 0.3) is 0 Å². The van der Waals surface area contributed by atoms with Crippen LogP contribution >= 0.6 is 0 Å². The van der Waals surface area contributed by atoms with Crippen LogP contribution < -0.4 is 10.1 Å². The number of carboxylic acid groups (broad SMARTS) is 1. The lowest BCUT2D eigenvalue weighted by atomic mass is 9.79. The highest BCUT2D eigenvalue weighted by atomic mass is 16.5. The molecule has 4 nitrogen and oxygen atoms in total. The Morgan fingerprint density at radius 2 is 2.31 bits per heavy atom. The molecule has 2 aliphatic rings. The van der Waals surface area contributed by atoms with Crippen LogP contribution in [0, 0.1) is 0 Å². The topological polar surface area (TPSA) is 58.6 Å². The maximum atomic E-state index is 11.5. The Balaban J connectivity index is 2.11. The number of nitrogens with one attached hydrogen (secondary N) is 1. The average molecular weight is 219 g/mol. The van der Waals surface area contributed by atoms with Crippen molar-refractivity contribution in [2.75, 3.05) is 13.1 Å². The first-order valence-corrected chi connectivity index (χ1v) is 5.46. The van der Waals surface area contributed by atoms with Gasteiger partial charge in [0.2, 0.25) is 5.60 Å². The van der Waals surface area contributed by atoms with Gasteiger partial charge in [-0.1, -0.05) is 18.2 Å². The first-order chi connectivity index (χ1) is 7.74. The quantitative estimate of drug-likeness (QED) is 0.739. The number of carbonyl (C=O) groups is 1. The smallest absolute Gasteiger partial charge is 0.350 e.